The molecule has 41 heavy (non-hydrogen) atoms. The number of aryl methyl sites for hydroxylation is 1. The van der Waals surface area contributed by atoms with Crippen LogP contribution in [0.2, 0.25) is 5.02 Å². The standard InChI is InChI=1S/C32H32ClN5O3/c1-5-40-31-17-29-27(15-22(31)14-26(39)10-7-13-38(3)4)32(23(18-34)19-35-29)37-24-11-12-30(28(33)16-24)41-20-25-9-6-8-21(2)36-25/h6-12,15-17,19H,5,13-14,20H2,1-4H3,(H,35,37)/b10-7+/i3D3,6D,7D,8D,9D,11D,12D,13D2,15D,16D,17D,19D,20D2. The molecule has 0 aliphatic carbocycles. The summed E-state index contributed by atoms with van der Waals surface area (Å²) in [5, 5.41) is 11.5. The maximum absolute atomic E-state index is 13.3. The molecule has 0 atom stereocenters. The average Bonchev–Trinajstić information content (AvgIpc) is 3.14. The number of ketones is 1. The average molecular weight is 587 g/mol. The van der Waals surface area contributed by atoms with E-state index in [-0.39, 0.29) is 28.5 Å². The molecule has 2 heterocycles. The zero-order valence-electron chi connectivity index (χ0n) is 38.9. The van der Waals surface area contributed by atoms with Gasteiger partial charge in [-0.2, -0.15) is 5.26 Å². The molecule has 0 amide bonds. The third-order valence-corrected chi connectivity index (χ3v) is 5.22. The predicted molar refractivity (Wildman–Crippen MR) is 162 cm³/mol. The van der Waals surface area contributed by atoms with Gasteiger partial charge in [0, 0.05) is 54.3 Å². The van der Waals surface area contributed by atoms with Gasteiger partial charge in [-0.1, -0.05) is 23.7 Å². The Morgan fingerprint density at radius 1 is 1.29 bits per heavy atom. The Morgan fingerprint density at radius 2 is 2.15 bits per heavy atom. The first-order valence-electron chi connectivity index (χ1n) is 20.3. The van der Waals surface area contributed by atoms with Crippen molar-refractivity contribution in [1.82, 2.24) is 14.9 Å². The molecule has 0 aliphatic rings. The van der Waals surface area contributed by atoms with Crippen molar-refractivity contribution < 1.29 is 37.6 Å². The molecule has 0 radical (unpaired) electrons. The zero-order valence-corrected chi connectivity index (χ0v) is 22.6. The number of ether oxygens (including phenoxy) is 2. The molecule has 0 fully saturated rings. The van der Waals surface area contributed by atoms with Gasteiger partial charge in [-0.3, -0.25) is 14.8 Å². The van der Waals surface area contributed by atoms with Gasteiger partial charge < -0.3 is 19.7 Å². The summed E-state index contributed by atoms with van der Waals surface area (Å²) in [5.41, 5.74) is -3.35. The maximum Gasteiger partial charge on any atom is 0.159 e. The SMILES string of the molecule is [2H]/C(=C\C(=O)Cc1c(OCC)c([2H])c2nc([2H])c(C#N)c(Nc3c([2H])c([2H])c(OC([2H])([2H])c4nc(C)c([2H])c([2H])c4[2H])c(Cl)c3[2H])c2c1[2H])C([2H])([2H])N(C)C([2H])([2H])[2H]. The fourth-order valence-corrected chi connectivity index (χ4v) is 3.46. The molecule has 4 aromatic rings. The van der Waals surface area contributed by atoms with Crippen LogP contribution < -0.4 is 14.8 Å². The highest BCUT2D eigenvalue weighted by atomic mass is 35.5. The number of pyridine rings is 2. The van der Waals surface area contributed by atoms with Crippen LogP contribution >= 0.6 is 11.6 Å². The van der Waals surface area contributed by atoms with Gasteiger partial charge >= 0.3 is 0 Å². The Bertz CT molecular complexity index is 2410. The molecular formula is C32H32ClN5O3. The molecule has 0 bridgehead atoms. The van der Waals surface area contributed by atoms with Crippen molar-refractivity contribution in [2.24, 2.45) is 0 Å². The number of likely N-dealkylation sites (N-methyl/N-ethyl adjacent to an activating group) is 1. The molecular weight excluding hydrogens is 538 g/mol. The Kier molecular flexibility index (Phi) is 4.84. The second-order valence-electron chi connectivity index (χ2n) is 8.05. The summed E-state index contributed by atoms with van der Waals surface area (Å²) < 4.78 is 151. The lowest BCUT2D eigenvalue weighted by Crippen LogP contribution is -2.11. The van der Waals surface area contributed by atoms with Gasteiger partial charge in [0.05, 0.1) is 50.5 Å². The van der Waals surface area contributed by atoms with Crippen LogP contribution in [0, 0.1) is 18.3 Å². The zero-order chi connectivity index (χ0) is 44.1. The summed E-state index contributed by atoms with van der Waals surface area (Å²) in [6, 6.07) is -5.08. The van der Waals surface area contributed by atoms with Crippen molar-refractivity contribution in [3.8, 4) is 17.6 Å². The van der Waals surface area contributed by atoms with E-state index in [1.807, 2.05) is 0 Å². The highest BCUT2D eigenvalue weighted by Crippen LogP contribution is 2.36. The van der Waals surface area contributed by atoms with Gasteiger partial charge in [-0.15, -0.1) is 0 Å². The predicted octanol–water partition coefficient (Wildman–Crippen LogP) is 6.41. The lowest BCUT2D eigenvalue weighted by Gasteiger charge is -2.16. The molecule has 8 nitrogen and oxygen atoms in total. The van der Waals surface area contributed by atoms with Gasteiger partial charge in [0.25, 0.3) is 0 Å². The van der Waals surface area contributed by atoms with Crippen LogP contribution in [-0.4, -0.2) is 47.8 Å². The number of nitrogens with zero attached hydrogens (tertiary/aromatic N) is 4. The van der Waals surface area contributed by atoms with Gasteiger partial charge in [0.2, 0.25) is 0 Å². The van der Waals surface area contributed by atoms with E-state index in [4.69, 9.17) is 44.4 Å². The first-order valence-corrected chi connectivity index (χ1v) is 12.2. The van der Waals surface area contributed by atoms with E-state index >= 15 is 0 Å². The number of carbonyl (C=O) groups excluding carboxylic acids is 1. The van der Waals surface area contributed by atoms with Crippen molar-refractivity contribution in [3.63, 3.8) is 0 Å². The number of fused-ring (bicyclic) bond motifs is 1. The Morgan fingerprint density at radius 3 is 2.93 bits per heavy atom. The van der Waals surface area contributed by atoms with E-state index in [0.717, 1.165) is 7.05 Å². The van der Waals surface area contributed by atoms with Crippen LogP contribution in [0.3, 0.4) is 0 Å². The number of nitrogens with one attached hydrogen (secondary N) is 1. The summed E-state index contributed by atoms with van der Waals surface area (Å²) in [5.74, 6) is -2.26. The van der Waals surface area contributed by atoms with Crippen LogP contribution in [0.1, 0.15) is 52.7 Å². The number of rotatable bonds is 12. The number of benzene rings is 2. The van der Waals surface area contributed by atoms with Gasteiger partial charge in [-0.25, -0.2) is 0 Å². The third-order valence-electron chi connectivity index (χ3n) is 4.95. The summed E-state index contributed by atoms with van der Waals surface area (Å²) in [6.45, 7) is -6.32. The molecule has 1 N–H and O–H groups in total. The van der Waals surface area contributed by atoms with E-state index in [0.29, 0.717) is 6.08 Å². The van der Waals surface area contributed by atoms with Gasteiger partial charge in [-0.05, 0) is 70.2 Å². The molecule has 0 saturated heterocycles. The molecule has 4 rings (SSSR count). The normalized spacial score (nSPS) is 18.3. The number of nitriles is 1. The first kappa shape index (κ1) is 14.4. The van der Waals surface area contributed by atoms with Crippen LogP contribution in [0.15, 0.2) is 66.6 Å². The fraction of sp³-hybridized carbons (Fsp3) is 0.250. The number of carbonyl (C=O) groups is 1. The third kappa shape index (κ3) is 7.82. The number of halogens is 1. The van der Waals surface area contributed by atoms with Crippen LogP contribution in [0.4, 0.5) is 11.4 Å². The molecule has 9 heteroatoms. The summed E-state index contributed by atoms with van der Waals surface area (Å²) in [7, 11) is 0.889. The van der Waals surface area contributed by atoms with Crippen LogP contribution in [0.25, 0.3) is 10.9 Å². The summed E-state index contributed by atoms with van der Waals surface area (Å²) >= 11 is 6.42. The quantitative estimate of drug-likeness (QED) is 0.190. The lowest BCUT2D eigenvalue weighted by molar-refractivity contribution is -0.114. The summed E-state index contributed by atoms with van der Waals surface area (Å²) in [4.78, 5) is 21.4. The van der Waals surface area contributed by atoms with E-state index in [9.17, 15) is 10.1 Å². The second kappa shape index (κ2) is 13.8. The Hall–Kier alpha value is -4.45. The molecule has 2 aromatic heterocycles. The largest absolute Gasteiger partial charge is 0.494 e. The number of aromatic nitrogens is 2. The van der Waals surface area contributed by atoms with Gasteiger partial charge in [0.1, 0.15) is 24.1 Å². The molecule has 0 aliphatic heterocycles. The highest BCUT2D eigenvalue weighted by molar-refractivity contribution is 6.32. The molecule has 0 unspecified atom stereocenters. The van der Waals surface area contributed by atoms with E-state index in [1.54, 1.807) is 6.07 Å². The first-order chi connectivity index (χ1) is 26.6. The number of hydrogen-bond donors (Lipinski definition) is 1. The lowest BCUT2D eigenvalue weighted by atomic mass is 10.0. The highest BCUT2D eigenvalue weighted by Gasteiger charge is 2.16. The van der Waals surface area contributed by atoms with Crippen LogP contribution in [-0.2, 0) is 17.8 Å². The van der Waals surface area contributed by atoms with Crippen molar-refractivity contribution in [3.05, 3.63) is 94.2 Å². The minimum absolute atomic E-state index is 0.112. The van der Waals surface area contributed by atoms with Crippen LogP contribution in [0.5, 0.6) is 11.5 Å². The molecule has 2 aromatic carbocycles. The molecule has 0 spiro atoms. The van der Waals surface area contributed by atoms with Gasteiger partial charge in [0.15, 0.2) is 5.78 Å². The second-order valence-corrected chi connectivity index (χ2v) is 8.42. The van der Waals surface area contributed by atoms with Crippen molar-refractivity contribution in [1.29, 1.82) is 5.26 Å². The number of hydrogen-bond acceptors (Lipinski definition) is 8. The maximum atomic E-state index is 13.3. The van der Waals surface area contributed by atoms with Crippen molar-refractivity contribution >= 4 is 39.7 Å². The van der Waals surface area contributed by atoms with E-state index in [1.165, 1.54) is 13.8 Å². The smallest absolute Gasteiger partial charge is 0.159 e. The van der Waals surface area contributed by atoms with E-state index in [2.05, 4.69) is 15.3 Å². The van der Waals surface area contributed by atoms with E-state index < -0.39 is 137 Å². The fourth-order valence-electron chi connectivity index (χ4n) is 3.28. The number of anilines is 2. The molecule has 210 valence electrons. The Labute approximate surface area is 269 Å². The summed E-state index contributed by atoms with van der Waals surface area (Å²) in [6.07, 6.45) is -1.07. The minimum atomic E-state index is -3.09. The Balaban J connectivity index is 1.93. The topological polar surface area (TPSA) is 100 Å². The molecule has 0 saturated carbocycles. The van der Waals surface area contributed by atoms with Crippen molar-refractivity contribution in [2.75, 3.05) is 32.4 Å². The monoisotopic (exact) mass is 586 g/mol. The minimum Gasteiger partial charge on any atom is -0.494 e. The number of allylic oxidation sites excluding steroid dienone is 1. The van der Waals surface area contributed by atoms with Crippen molar-refractivity contribution in [2.45, 2.75) is 26.8 Å².